The van der Waals surface area contributed by atoms with Crippen LogP contribution in [0.4, 0.5) is 10.9 Å². The van der Waals surface area contributed by atoms with Gasteiger partial charge in [0.25, 0.3) is 0 Å². The zero-order valence-electron chi connectivity index (χ0n) is 22.7. The molecule has 0 spiro atoms. The van der Waals surface area contributed by atoms with Crippen LogP contribution in [0, 0.1) is 18.8 Å². The van der Waals surface area contributed by atoms with Crippen LogP contribution in [0.15, 0.2) is 12.4 Å². The lowest BCUT2D eigenvalue weighted by Gasteiger charge is -2.36. The quantitative estimate of drug-likeness (QED) is 0.267. The Labute approximate surface area is 251 Å². The number of likely N-dealkylation sites (tertiary alicyclic amines) is 1. The minimum atomic E-state index is -1.08. The molecule has 1 amide bonds. The molecule has 2 fully saturated rings. The molecule has 2 saturated heterocycles. The maximum absolute atomic E-state index is 12.9. The molecule has 0 saturated carbocycles. The van der Waals surface area contributed by atoms with E-state index in [0.717, 1.165) is 30.7 Å². The first-order chi connectivity index (χ1) is 19.6. The number of aromatic amines is 1. The van der Waals surface area contributed by atoms with Crippen molar-refractivity contribution in [3.63, 3.8) is 0 Å². The van der Waals surface area contributed by atoms with E-state index >= 15 is 0 Å². The molecular formula is C27H31Cl2N7O4S. The summed E-state index contributed by atoms with van der Waals surface area (Å²) >= 11 is 13.5. The van der Waals surface area contributed by atoms with E-state index in [2.05, 4.69) is 37.1 Å². The Morgan fingerprint density at radius 3 is 2.63 bits per heavy atom. The summed E-state index contributed by atoms with van der Waals surface area (Å²) < 4.78 is 0. The van der Waals surface area contributed by atoms with Crippen molar-refractivity contribution in [3.8, 4) is 11.4 Å². The molecule has 0 aliphatic carbocycles. The van der Waals surface area contributed by atoms with E-state index in [1.807, 2.05) is 4.90 Å². The average Bonchev–Trinajstić information content (AvgIpc) is 3.65. The molecule has 2 atom stereocenters. The number of amides is 1. The van der Waals surface area contributed by atoms with Gasteiger partial charge < -0.3 is 25.2 Å². The van der Waals surface area contributed by atoms with Crippen molar-refractivity contribution < 1.29 is 19.5 Å². The first-order valence-corrected chi connectivity index (χ1v) is 15.1. The minimum absolute atomic E-state index is 0.0685. The number of aromatic carboxylic acids is 1. The molecule has 5 heterocycles. The number of aromatic nitrogens is 4. The Bertz CT molecular complexity index is 1460. The summed E-state index contributed by atoms with van der Waals surface area (Å²) in [6, 6.07) is 0. The van der Waals surface area contributed by atoms with Gasteiger partial charge in [-0.1, -0.05) is 41.5 Å². The van der Waals surface area contributed by atoms with E-state index in [-0.39, 0.29) is 39.1 Å². The van der Waals surface area contributed by atoms with Gasteiger partial charge in [0.15, 0.2) is 10.9 Å². The number of H-pyrrole nitrogens is 1. The predicted octanol–water partition coefficient (Wildman–Crippen LogP) is 5.01. The highest BCUT2D eigenvalue weighted by Gasteiger charge is 2.32. The average molecular weight is 621 g/mol. The molecule has 14 heteroatoms. The van der Waals surface area contributed by atoms with Crippen LogP contribution in [0.5, 0.6) is 0 Å². The van der Waals surface area contributed by atoms with E-state index in [4.69, 9.17) is 23.2 Å². The summed E-state index contributed by atoms with van der Waals surface area (Å²) in [5.41, 5.74) is 1.67. The molecule has 3 aromatic rings. The Morgan fingerprint density at radius 1 is 1.22 bits per heavy atom. The first-order valence-electron chi connectivity index (χ1n) is 13.5. The third kappa shape index (κ3) is 6.34. The molecule has 0 aromatic carbocycles. The van der Waals surface area contributed by atoms with Gasteiger partial charge in [-0.3, -0.25) is 9.59 Å². The van der Waals surface area contributed by atoms with Gasteiger partial charge in [-0.05, 0) is 31.6 Å². The summed E-state index contributed by atoms with van der Waals surface area (Å²) in [5, 5.41) is 14.3. The Kier molecular flexibility index (Phi) is 8.81. The summed E-state index contributed by atoms with van der Waals surface area (Å²) in [6.45, 7) is 7.06. The molecule has 0 radical (unpaired) electrons. The zero-order valence-corrected chi connectivity index (χ0v) is 25.1. The monoisotopic (exact) mass is 619 g/mol. The van der Waals surface area contributed by atoms with Gasteiger partial charge in [-0.25, -0.2) is 19.7 Å². The number of carboxylic acids is 1. The van der Waals surface area contributed by atoms with Crippen LogP contribution >= 0.6 is 34.5 Å². The number of thiazole rings is 1. The summed E-state index contributed by atoms with van der Waals surface area (Å²) in [5.74, 6) is -0.127. The van der Waals surface area contributed by atoms with Gasteiger partial charge in [0.1, 0.15) is 27.8 Å². The summed E-state index contributed by atoms with van der Waals surface area (Å²) in [7, 11) is 0. The summed E-state index contributed by atoms with van der Waals surface area (Å²) in [4.78, 5) is 57.2. The number of nitrogens with one attached hydrogen (secondary N) is 2. The van der Waals surface area contributed by atoms with E-state index in [1.165, 1.54) is 6.20 Å². The van der Waals surface area contributed by atoms with E-state index < -0.39 is 5.97 Å². The minimum Gasteiger partial charge on any atom is -0.477 e. The fourth-order valence-corrected chi connectivity index (χ4v) is 6.72. The second-order valence-corrected chi connectivity index (χ2v) is 12.3. The van der Waals surface area contributed by atoms with Crippen LogP contribution in [0.2, 0.25) is 10.0 Å². The van der Waals surface area contributed by atoms with Crippen molar-refractivity contribution in [1.29, 1.82) is 0 Å². The number of carboxylic acid groups (broad SMARTS) is 1. The lowest BCUT2D eigenvalue weighted by molar-refractivity contribution is -0.127. The lowest BCUT2D eigenvalue weighted by atomic mass is 9.83. The van der Waals surface area contributed by atoms with Gasteiger partial charge in [-0.2, -0.15) is 0 Å². The number of carbonyl (C=O) groups excluding carboxylic acids is 2. The zero-order chi connectivity index (χ0) is 29.3. The number of piperidine rings is 1. The molecule has 5 rings (SSSR count). The van der Waals surface area contributed by atoms with Crippen molar-refractivity contribution in [1.82, 2.24) is 24.8 Å². The molecule has 0 unspecified atom stereocenters. The van der Waals surface area contributed by atoms with Crippen molar-refractivity contribution in [2.45, 2.75) is 39.5 Å². The number of hydrogen-bond acceptors (Lipinski definition) is 9. The number of ketones is 1. The van der Waals surface area contributed by atoms with E-state index in [0.29, 0.717) is 72.1 Å². The number of halogens is 2. The topological polar surface area (TPSA) is 144 Å². The third-order valence-electron chi connectivity index (χ3n) is 7.70. The highest BCUT2D eigenvalue weighted by Crippen LogP contribution is 2.37. The van der Waals surface area contributed by atoms with Crippen LogP contribution in [0.1, 0.15) is 58.5 Å². The maximum atomic E-state index is 12.9. The van der Waals surface area contributed by atoms with Gasteiger partial charge >= 0.3 is 5.97 Å². The number of nitrogens with zero attached hydrogens (tertiary/aromatic N) is 5. The number of hydrogen-bond donors (Lipinski definition) is 3. The van der Waals surface area contributed by atoms with E-state index in [1.54, 1.807) is 13.1 Å². The number of Topliss-reactive ketones (excluding diaryl/α,β-unsaturated/α-hetero) is 1. The molecule has 2 aliphatic rings. The third-order valence-corrected chi connectivity index (χ3v) is 9.75. The molecule has 3 aromatic heterocycles. The smallest absolute Gasteiger partial charge is 0.348 e. The highest BCUT2D eigenvalue weighted by molar-refractivity contribution is 7.17. The molecule has 3 N–H and O–H groups in total. The Balaban J connectivity index is 1.22. The van der Waals surface area contributed by atoms with Gasteiger partial charge in [0.2, 0.25) is 5.91 Å². The van der Waals surface area contributed by atoms with E-state index in [9.17, 15) is 19.5 Å². The fourth-order valence-electron chi connectivity index (χ4n) is 5.34. The Hall–Kier alpha value is -3.22. The molecular weight excluding hydrogens is 589 g/mol. The molecule has 2 aliphatic heterocycles. The van der Waals surface area contributed by atoms with Crippen LogP contribution in [0.25, 0.3) is 11.4 Å². The molecule has 11 nitrogen and oxygen atoms in total. The van der Waals surface area contributed by atoms with Crippen molar-refractivity contribution >= 4 is 63.1 Å². The highest BCUT2D eigenvalue weighted by atomic mass is 35.5. The standard InChI is InChI=1S/C27H31Cl2N7O4S/c1-14-13-36(8-5-16(14)10-18(37)24-22(29)21(28)15(2)33-24)27-34-23(25(41-27)26(39)40)17-11-32-19(12-31-17)30-6-9-35-7-3-4-20(35)38/h11-12,14,16,33H,3-10,13H2,1-2H3,(H,30,32)(H,39,40)/t14-,16-/m0/s1. The molecule has 218 valence electrons. The molecule has 0 bridgehead atoms. The number of rotatable bonds is 10. The normalized spacial score (nSPS) is 19.2. The lowest BCUT2D eigenvalue weighted by Crippen LogP contribution is -2.40. The number of carbonyl (C=O) groups is 3. The van der Waals surface area contributed by atoms with Gasteiger partial charge in [0.05, 0.1) is 22.4 Å². The van der Waals surface area contributed by atoms with Crippen LogP contribution in [-0.4, -0.2) is 80.3 Å². The number of anilines is 2. The van der Waals surface area contributed by atoms with Gasteiger partial charge in [-0.15, -0.1) is 0 Å². The summed E-state index contributed by atoms with van der Waals surface area (Å²) in [6.07, 6.45) is 5.64. The van der Waals surface area contributed by atoms with Crippen molar-refractivity contribution in [2.75, 3.05) is 42.9 Å². The van der Waals surface area contributed by atoms with Crippen LogP contribution in [0.3, 0.4) is 0 Å². The first kappa shape index (κ1) is 29.3. The predicted molar refractivity (Wildman–Crippen MR) is 158 cm³/mol. The maximum Gasteiger partial charge on any atom is 0.348 e. The fraction of sp³-hybridized carbons (Fsp3) is 0.481. The second-order valence-electron chi connectivity index (χ2n) is 10.5. The second kappa shape index (κ2) is 12.3. The molecule has 41 heavy (non-hydrogen) atoms. The van der Waals surface area contributed by atoms with Crippen molar-refractivity contribution in [2.24, 2.45) is 11.8 Å². The Morgan fingerprint density at radius 2 is 2.02 bits per heavy atom. The van der Waals surface area contributed by atoms with Crippen LogP contribution < -0.4 is 10.2 Å². The van der Waals surface area contributed by atoms with Gasteiger partial charge in [0, 0.05) is 51.3 Å². The largest absolute Gasteiger partial charge is 0.477 e. The van der Waals surface area contributed by atoms with Crippen molar-refractivity contribution in [3.05, 3.63) is 38.7 Å². The van der Waals surface area contributed by atoms with Crippen LogP contribution in [-0.2, 0) is 4.79 Å². The number of aryl methyl sites for hydroxylation is 1. The SMILES string of the molecule is Cc1[nH]c(C(=O)C[C@@H]2CCN(c3nc(-c4cnc(NCCN5CCCC5=O)cn4)c(C(=O)O)s3)C[C@@H]2C)c(Cl)c1Cl.